The van der Waals surface area contributed by atoms with E-state index in [1.54, 1.807) is 0 Å². The SMILES string of the molecule is CC(OCCC1CC1)C(=O)N1CCNCC1. The maximum absolute atomic E-state index is 12.0. The summed E-state index contributed by atoms with van der Waals surface area (Å²) < 4.78 is 5.60. The second-order valence-corrected chi connectivity index (χ2v) is 4.82. The van der Waals surface area contributed by atoms with E-state index < -0.39 is 0 Å². The molecule has 1 N–H and O–H groups in total. The van der Waals surface area contributed by atoms with Crippen LogP contribution in [-0.2, 0) is 9.53 Å². The van der Waals surface area contributed by atoms with E-state index in [-0.39, 0.29) is 12.0 Å². The first kappa shape index (κ1) is 11.9. The number of nitrogens with one attached hydrogen (secondary N) is 1. The van der Waals surface area contributed by atoms with Crippen LogP contribution in [-0.4, -0.2) is 49.7 Å². The minimum Gasteiger partial charge on any atom is -0.369 e. The zero-order valence-corrected chi connectivity index (χ0v) is 10.1. The van der Waals surface area contributed by atoms with E-state index in [4.69, 9.17) is 4.74 Å². The molecule has 1 aliphatic carbocycles. The van der Waals surface area contributed by atoms with Crippen LogP contribution in [0.5, 0.6) is 0 Å². The number of ether oxygens (including phenoxy) is 1. The van der Waals surface area contributed by atoms with Gasteiger partial charge in [0.15, 0.2) is 0 Å². The third kappa shape index (κ3) is 3.46. The van der Waals surface area contributed by atoms with Gasteiger partial charge in [0.2, 0.25) is 0 Å². The molecule has 0 aromatic carbocycles. The molecule has 0 aromatic rings. The number of hydrogen-bond donors (Lipinski definition) is 1. The third-order valence-electron chi connectivity index (χ3n) is 3.37. The smallest absolute Gasteiger partial charge is 0.251 e. The van der Waals surface area contributed by atoms with Crippen molar-refractivity contribution in [3.8, 4) is 0 Å². The van der Waals surface area contributed by atoms with Crippen LogP contribution in [0.4, 0.5) is 0 Å². The summed E-state index contributed by atoms with van der Waals surface area (Å²) in [5.41, 5.74) is 0. The summed E-state index contributed by atoms with van der Waals surface area (Å²) in [7, 11) is 0. The van der Waals surface area contributed by atoms with E-state index in [1.807, 2.05) is 11.8 Å². The normalized spacial score (nSPS) is 23.2. The molecule has 0 aromatic heterocycles. The van der Waals surface area contributed by atoms with Gasteiger partial charge in [-0.2, -0.15) is 0 Å². The van der Waals surface area contributed by atoms with Crippen molar-refractivity contribution >= 4 is 5.91 Å². The van der Waals surface area contributed by atoms with Crippen molar-refractivity contribution in [3.63, 3.8) is 0 Å². The third-order valence-corrected chi connectivity index (χ3v) is 3.37. The van der Waals surface area contributed by atoms with Crippen LogP contribution in [0, 0.1) is 5.92 Å². The van der Waals surface area contributed by atoms with E-state index >= 15 is 0 Å². The maximum Gasteiger partial charge on any atom is 0.251 e. The molecule has 4 heteroatoms. The highest BCUT2D eigenvalue weighted by Crippen LogP contribution is 2.32. The Hall–Kier alpha value is -0.610. The molecular weight excluding hydrogens is 204 g/mol. The molecule has 1 heterocycles. The fourth-order valence-corrected chi connectivity index (χ4v) is 2.03. The fraction of sp³-hybridized carbons (Fsp3) is 0.917. The molecule has 1 unspecified atom stereocenters. The minimum absolute atomic E-state index is 0.150. The van der Waals surface area contributed by atoms with Crippen LogP contribution < -0.4 is 5.32 Å². The zero-order valence-electron chi connectivity index (χ0n) is 10.1. The Labute approximate surface area is 97.3 Å². The Balaban J connectivity index is 1.65. The van der Waals surface area contributed by atoms with Crippen molar-refractivity contribution in [3.05, 3.63) is 0 Å². The Morgan fingerprint density at radius 3 is 2.75 bits per heavy atom. The summed E-state index contributed by atoms with van der Waals surface area (Å²) in [4.78, 5) is 13.9. The second-order valence-electron chi connectivity index (χ2n) is 4.82. The van der Waals surface area contributed by atoms with Gasteiger partial charge in [-0.1, -0.05) is 12.8 Å². The van der Waals surface area contributed by atoms with Crippen LogP contribution in [0.3, 0.4) is 0 Å². The van der Waals surface area contributed by atoms with Crippen LogP contribution >= 0.6 is 0 Å². The molecule has 2 aliphatic rings. The van der Waals surface area contributed by atoms with Crippen molar-refractivity contribution in [2.24, 2.45) is 5.92 Å². The van der Waals surface area contributed by atoms with Gasteiger partial charge in [-0.3, -0.25) is 4.79 Å². The number of carbonyl (C=O) groups excluding carboxylic acids is 1. The van der Waals surface area contributed by atoms with Crippen molar-refractivity contribution in [2.45, 2.75) is 32.3 Å². The van der Waals surface area contributed by atoms with Gasteiger partial charge in [-0.25, -0.2) is 0 Å². The van der Waals surface area contributed by atoms with Gasteiger partial charge in [-0.15, -0.1) is 0 Å². The molecule has 4 nitrogen and oxygen atoms in total. The minimum atomic E-state index is -0.267. The highest BCUT2D eigenvalue weighted by atomic mass is 16.5. The summed E-state index contributed by atoms with van der Waals surface area (Å²) in [5, 5.41) is 3.24. The number of nitrogens with zero attached hydrogens (tertiary/aromatic N) is 1. The maximum atomic E-state index is 12.0. The molecule has 16 heavy (non-hydrogen) atoms. The molecule has 1 aliphatic heterocycles. The molecule has 0 radical (unpaired) electrons. The number of rotatable bonds is 5. The topological polar surface area (TPSA) is 41.6 Å². The van der Waals surface area contributed by atoms with Gasteiger partial charge < -0.3 is 15.0 Å². The molecule has 2 fully saturated rings. The highest BCUT2D eigenvalue weighted by molar-refractivity contribution is 5.80. The van der Waals surface area contributed by atoms with Gasteiger partial charge in [0.05, 0.1) is 0 Å². The Morgan fingerprint density at radius 1 is 1.44 bits per heavy atom. The first-order chi connectivity index (χ1) is 7.77. The lowest BCUT2D eigenvalue weighted by Gasteiger charge is -2.29. The predicted octanol–water partition coefficient (Wildman–Crippen LogP) is 0.623. The van der Waals surface area contributed by atoms with Crippen LogP contribution in [0.2, 0.25) is 0 Å². The molecule has 0 spiro atoms. The quantitative estimate of drug-likeness (QED) is 0.747. The lowest BCUT2D eigenvalue weighted by atomic mass is 10.2. The average molecular weight is 226 g/mol. The van der Waals surface area contributed by atoms with E-state index in [9.17, 15) is 4.79 Å². The summed E-state index contributed by atoms with van der Waals surface area (Å²) in [5.74, 6) is 1.03. The number of piperazine rings is 1. The second kappa shape index (κ2) is 5.64. The summed E-state index contributed by atoms with van der Waals surface area (Å²) in [6, 6.07) is 0. The van der Waals surface area contributed by atoms with E-state index in [1.165, 1.54) is 12.8 Å². The first-order valence-electron chi connectivity index (χ1n) is 6.38. The molecule has 92 valence electrons. The molecule has 1 saturated heterocycles. The Bertz CT molecular complexity index is 235. The fourth-order valence-electron chi connectivity index (χ4n) is 2.03. The van der Waals surface area contributed by atoms with Gasteiger partial charge in [0.1, 0.15) is 6.10 Å². The van der Waals surface area contributed by atoms with E-state index in [2.05, 4.69) is 5.32 Å². The van der Waals surface area contributed by atoms with Gasteiger partial charge in [0.25, 0.3) is 5.91 Å². The van der Waals surface area contributed by atoms with Crippen molar-refractivity contribution in [1.82, 2.24) is 10.2 Å². The van der Waals surface area contributed by atoms with Crippen molar-refractivity contribution < 1.29 is 9.53 Å². The van der Waals surface area contributed by atoms with Gasteiger partial charge in [0, 0.05) is 32.8 Å². The molecule has 0 bridgehead atoms. The number of hydrogen-bond acceptors (Lipinski definition) is 3. The van der Waals surface area contributed by atoms with E-state index in [0.717, 1.165) is 45.1 Å². The zero-order chi connectivity index (χ0) is 11.4. The van der Waals surface area contributed by atoms with Gasteiger partial charge in [-0.05, 0) is 19.3 Å². The molecule has 1 saturated carbocycles. The Morgan fingerprint density at radius 2 is 2.12 bits per heavy atom. The molecule has 1 atom stereocenters. The lowest BCUT2D eigenvalue weighted by Crippen LogP contribution is -2.49. The monoisotopic (exact) mass is 226 g/mol. The lowest BCUT2D eigenvalue weighted by molar-refractivity contribution is -0.143. The van der Waals surface area contributed by atoms with Crippen LogP contribution in [0.25, 0.3) is 0 Å². The van der Waals surface area contributed by atoms with Crippen LogP contribution in [0.15, 0.2) is 0 Å². The standard InChI is InChI=1S/C12H22N2O2/c1-10(16-9-4-11-2-3-11)12(15)14-7-5-13-6-8-14/h10-11,13H,2-9H2,1H3. The molecule has 2 rings (SSSR count). The summed E-state index contributed by atoms with van der Waals surface area (Å²) in [6.07, 6.45) is 3.56. The van der Waals surface area contributed by atoms with Crippen LogP contribution in [0.1, 0.15) is 26.2 Å². The average Bonchev–Trinajstić information content (AvgIpc) is 3.13. The van der Waals surface area contributed by atoms with Gasteiger partial charge >= 0.3 is 0 Å². The number of carbonyl (C=O) groups is 1. The molecule has 1 amide bonds. The summed E-state index contributed by atoms with van der Waals surface area (Å²) in [6.45, 7) is 6.05. The Kier molecular flexibility index (Phi) is 4.18. The summed E-state index contributed by atoms with van der Waals surface area (Å²) >= 11 is 0. The predicted molar refractivity (Wildman–Crippen MR) is 62.2 cm³/mol. The first-order valence-corrected chi connectivity index (χ1v) is 6.38. The number of amides is 1. The van der Waals surface area contributed by atoms with Crippen molar-refractivity contribution in [2.75, 3.05) is 32.8 Å². The molecular formula is C12H22N2O2. The highest BCUT2D eigenvalue weighted by Gasteiger charge is 2.24. The van der Waals surface area contributed by atoms with E-state index in [0.29, 0.717) is 0 Å². The largest absolute Gasteiger partial charge is 0.369 e. The van der Waals surface area contributed by atoms with Crippen molar-refractivity contribution in [1.29, 1.82) is 0 Å².